The molecule has 0 aliphatic carbocycles. The summed E-state index contributed by atoms with van der Waals surface area (Å²) in [5.74, 6) is -0.924. The Morgan fingerprint density at radius 1 is 1.33 bits per heavy atom. The van der Waals surface area contributed by atoms with Crippen molar-refractivity contribution >= 4 is 17.0 Å². The van der Waals surface area contributed by atoms with Gasteiger partial charge in [0.25, 0.3) is 0 Å². The van der Waals surface area contributed by atoms with Crippen molar-refractivity contribution < 1.29 is 14.6 Å². The summed E-state index contributed by atoms with van der Waals surface area (Å²) >= 11 is 0. The zero-order valence-electron chi connectivity index (χ0n) is 9.74. The van der Waals surface area contributed by atoms with E-state index in [0.717, 1.165) is 24.1 Å². The topological polar surface area (TPSA) is 67.6 Å². The van der Waals surface area contributed by atoms with Gasteiger partial charge in [0.15, 0.2) is 0 Å². The number of carbonyl (C=O) groups is 1. The molecule has 0 amide bonds. The molecule has 94 valence electrons. The average Bonchev–Trinajstić information content (AvgIpc) is 2.82. The maximum absolute atomic E-state index is 11.0. The third-order valence-corrected chi connectivity index (χ3v) is 3.07. The fourth-order valence-electron chi connectivity index (χ4n) is 2.12. The molecule has 2 heterocycles. The van der Waals surface area contributed by atoms with Gasteiger partial charge in [0, 0.05) is 0 Å². The van der Waals surface area contributed by atoms with Crippen LogP contribution in [-0.2, 0) is 4.74 Å². The summed E-state index contributed by atoms with van der Waals surface area (Å²) in [7, 11) is 0. The van der Waals surface area contributed by atoms with Gasteiger partial charge in [0.2, 0.25) is 0 Å². The fraction of sp³-hybridized carbons (Fsp3) is 0.333. The minimum Gasteiger partial charge on any atom is -0.478 e. The summed E-state index contributed by atoms with van der Waals surface area (Å²) < 4.78 is 7.21. The fourth-order valence-corrected chi connectivity index (χ4v) is 2.12. The van der Waals surface area contributed by atoms with E-state index < -0.39 is 5.97 Å². The first-order chi connectivity index (χ1) is 8.75. The van der Waals surface area contributed by atoms with Gasteiger partial charge in [-0.05, 0) is 18.2 Å². The Kier molecular flexibility index (Phi) is 2.64. The molecular formula is C12H13N3O3. The second-order valence-corrected chi connectivity index (χ2v) is 4.16. The summed E-state index contributed by atoms with van der Waals surface area (Å²) in [6.07, 6.45) is 1.72. The van der Waals surface area contributed by atoms with Crippen LogP contribution < -0.4 is 5.01 Å². The number of hydrogen-bond acceptors (Lipinski definition) is 4. The molecule has 1 aromatic carbocycles. The number of carboxylic acid groups (broad SMARTS) is 1. The molecule has 6 nitrogen and oxygen atoms in total. The number of benzene rings is 1. The van der Waals surface area contributed by atoms with E-state index in [9.17, 15) is 4.79 Å². The van der Waals surface area contributed by atoms with Gasteiger partial charge in [0.05, 0.1) is 42.9 Å². The van der Waals surface area contributed by atoms with Crippen molar-refractivity contribution in [1.82, 2.24) is 9.66 Å². The van der Waals surface area contributed by atoms with Crippen molar-refractivity contribution in [2.24, 2.45) is 0 Å². The van der Waals surface area contributed by atoms with Crippen LogP contribution >= 0.6 is 0 Å². The van der Waals surface area contributed by atoms with Gasteiger partial charge in [-0.15, -0.1) is 0 Å². The molecule has 1 N–H and O–H groups in total. The van der Waals surface area contributed by atoms with E-state index in [0.29, 0.717) is 13.2 Å². The molecule has 1 aromatic heterocycles. The normalized spacial score (nSPS) is 16.1. The van der Waals surface area contributed by atoms with E-state index in [4.69, 9.17) is 9.84 Å². The Morgan fingerprint density at radius 2 is 2.11 bits per heavy atom. The predicted molar refractivity (Wildman–Crippen MR) is 65.5 cm³/mol. The lowest BCUT2D eigenvalue weighted by molar-refractivity contribution is 0.0697. The molecule has 18 heavy (non-hydrogen) atoms. The van der Waals surface area contributed by atoms with Crippen LogP contribution in [0.15, 0.2) is 24.5 Å². The summed E-state index contributed by atoms with van der Waals surface area (Å²) in [6, 6.07) is 4.96. The molecule has 0 spiro atoms. The lowest BCUT2D eigenvalue weighted by Gasteiger charge is -2.29. The largest absolute Gasteiger partial charge is 0.478 e. The van der Waals surface area contributed by atoms with Crippen molar-refractivity contribution in [2.45, 2.75) is 0 Å². The highest BCUT2D eigenvalue weighted by atomic mass is 16.5. The number of imidazole rings is 1. The quantitative estimate of drug-likeness (QED) is 0.846. The molecule has 0 saturated carbocycles. The summed E-state index contributed by atoms with van der Waals surface area (Å²) in [5.41, 5.74) is 1.89. The van der Waals surface area contributed by atoms with E-state index >= 15 is 0 Å². The van der Waals surface area contributed by atoms with Gasteiger partial charge < -0.3 is 14.9 Å². The summed E-state index contributed by atoms with van der Waals surface area (Å²) in [4.78, 5) is 15.3. The molecule has 0 atom stereocenters. The van der Waals surface area contributed by atoms with Gasteiger partial charge in [-0.3, -0.25) is 0 Å². The lowest BCUT2D eigenvalue weighted by atomic mass is 10.2. The zero-order valence-corrected chi connectivity index (χ0v) is 9.74. The van der Waals surface area contributed by atoms with Gasteiger partial charge in [0.1, 0.15) is 6.33 Å². The molecule has 1 aliphatic rings. The number of aromatic nitrogens is 2. The van der Waals surface area contributed by atoms with Crippen LogP contribution in [0.25, 0.3) is 11.0 Å². The number of carboxylic acids is 1. The number of rotatable bonds is 2. The average molecular weight is 247 g/mol. The molecule has 2 aromatic rings. The maximum Gasteiger partial charge on any atom is 0.335 e. The Morgan fingerprint density at radius 3 is 2.83 bits per heavy atom. The van der Waals surface area contributed by atoms with Crippen molar-refractivity contribution in [3.05, 3.63) is 30.1 Å². The summed E-state index contributed by atoms with van der Waals surface area (Å²) in [5, 5.41) is 11.1. The van der Waals surface area contributed by atoms with Crippen molar-refractivity contribution in [3.8, 4) is 0 Å². The van der Waals surface area contributed by atoms with E-state index in [1.807, 2.05) is 4.68 Å². The monoisotopic (exact) mass is 247 g/mol. The van der Waals surface area contributed by atoms with E-state index in [-0.39, 0.29) is 5.56 Å². The van der Waals surface area contributed by atoms with Crippen LogP contribution in [0.1, 0.15) is 10.4 Å². The number of ether oxygens (including phenoxy) is 1. The van der Waals surface area contributed by atoms with Crippen LogP contribution in [0.4, 0.5) is 0 Å². The molecule has 3 rings (SSSR count). The van der Waals surface area contributed by atoms with Gasteiger partial charge in [-0.1, -0.05) is 0 Å². The molecular weight excluding hydrogens is 234 g/mol. The molecule has 0 unspecified atom stereocenters. The Bertz CT molecular complexity index is 587. The highest BCUT2D eigenvalue weighted by Crippen LogP contribution is 2.16. The number of fused-ring (bicyclic) bond motifs is 1. The Hall–Kier alpha value is -2.08. The summed E-state index contributed by atoms with van der Waals surface area (Å²) in [6.45, 7) is 2.92. The number of hydrogen-bond donors (Lipinski definition) is 1. The van der Waals surface area contributed by atoms with Gasteiger partial charge in [-0.25, -0.2) is 14.5 Å². The maximum atomic E-state index is 11.0. The number of morpholine rings is 1. The highest BCUT2D eigenvalue weighted by Gasteiger charge is 2.14. The molecule has 1 saturated heterocycles. The third kappa shape index (κ3) is 1.80. The number of aromatic carboxylic acids is 1. The number of nitrogens with zero attached hydrogens (tertiary/aromatic N) is 3. The first-order valence-corrected chi connectivity index (χ1v) is 5.79. The van der Waals surface area contributed by atoms with Gasteiger partial charge >= 0.3 is 5.97 Å². The highest BCUT2D eigenvalue weighted by molar-refractivity contribution is 5.92. The molecule has 1 aliphatic heterocycles. The molecule has 0 bridgehead atoms. The molecule has 6 heteroatoms. The lowest BCUT2D eigenvalue weighted by Crippen LogP contribution is -2.43. The van der Waals surface area contributed by atoms with Crippen molar-refractivity contribution in [2.75, 3.05) is 31.3 Å². The third-order valence-electron chi connectivity index (χ3n) is 3.07. The second kappa shape index (κ2) is 4.30. The first kappa shape index (κ1) is 11.0. The van der Waals surface area contributed by atoms with Crippen LogP contribution in [0.3, 0.4) is 0 Å². The SMILES string of the molecule is O=C(O)c1ccc2ncn(N3CCOCC3)c2c1. The van der Waals surface area contributed by atoms with Gasteiger partial charge in [-0.2, -0.15) is 0 Å². The van der Waals surface area contributed by atoms with Crippen molar-refractivity contribution in [1.29, 1.82) is 0 Å². The van der Waals surface area contributed by atoms with E-state index in [1.54, 1.807) is 24.5 Å². The Labute approximate surface area is 103 Å². The van der Waals surface area contributed by atoms with E-state index in [2.05, 4.69) is 9.99 Å². The molecule has 1 fully saturated rings. The van der Waals surface area contributed by atoms with Crippen LogP contribution in [-0.4, -0.2) is 47.0 Å². The van der Waals surface area contributed by atoms with Crippen LogP contribution in [0, 0.1) is 0 Å². The van der Waals surface area contributed by atoms with E-state index in [1.165, 1.54) is 0 Å². The predicted octanol–water partition coefficient (Wildman–Crippen LogP) is 0.703. The minimum atomic E-state index is -0.924. The standard InChI is InChI=1S/C12H13N3O3/c16-12(17)9-1-2-10-11(7-9)15(8-13-10)14-3-5-18-6-4-14/h1-2,7-8H,3-6H2,(H,16,17). The van der Waals surface area contributed by atoms with Crippen LogP contribution in [0.2, 0.25) is 0 Å². The second-order valence-electron chi connectivity index (χ2n) is 4.16. The zero-order chi connectivity index (χ0) is 12.5. The van der Waals surface area contributed by atoms with Crippen LogP contribution in [0.5, 0.6) is 0 Å². The van der Waals surface area contributed by atoms with Crippen molar-refractivity contribution in [3.63, 3.8) is 0 Å². The minimum absolute atomic E-state index is 0.275. The Balaban J connectivity index is 2.05. The molecule has 0 radical (unpaired) electrons. The first-order valence-electron chi connectivity index (χ1n) is 5.79. The smallest absolute Gasteiger partial charge is 0.335 e.